The normalized spacial score (nSPS) is 28.2. The molecule has 1 fully saturated rings. The highest BCUT2D eigenvalue weighted by molar-refractivity contribution is 7.17. The molecule has 1 aliphatic rings. The molecule has 0 amide bonds. The van der Waals surface area contributed by atoms with Crippen LogP contribution in [0.25, 0.3) is 10.1 Å². The van der Waals surface area contributed by atoms with E-state index in [-0.39, 0.29) is 11.0 Å². The number of benzene rings is 1. The van der Waals surface area contributed by atoms with Crippen molar-refractivity contribution in [3.05, 3.63) is 35.2 Å². The molecule has 15 heavy (non-hydrogen) atoms. The summed E-state index contributed by atoms with van der Waals surface area (Å²) in [6.07, 6.45) is 1.10. The van der Waals surface area contributed by atoms with E-state index >= 15 is 0 Å². The molecule has 1 nitrogen and oxygen atoms in total. The summed E-state index contributed by atoms with van der Waals surface area (Å²) >= 11 is 1.80. The van der Waals surface area contributed by atoms with E-state index in [1.807, 2.05) is 0 Å². The third-order valence-corrected chi connectivity index (χ3v) is 4.73. The Morgan fingerprint density at radius 3 is 2.60 bits per heavy atom. The first-order valence-electron chi connectivity index (χ1n) is 5.30. The molecule has 0 bridgehead atoms. The molecule has 1 unspecified atom stereocenters. The highest BCUT2D eigenvalue weighted by Gasteiger charge is 2.60. The molecule has 2 N–H and O–H groups in total. The Labute approximate surface area is 93.9 Å². The van der Waals surface area contributed by atoms with Crippen molar-refractivity contribution in [1.29, 1.82) is 0 Å². The Hall–Kier alpha value is -0.860. The van der Waals surface area contributed by atoms with Crippen LogP contribution in [0.4, 0.5) is 0 Å². The highest BCUT2D eigenvalue weighted by atomic mass is 32.1. The Bertz CT molecular complexity index is 526. The lowest BCUT2D eigenvalue weighted by Gasteiger charge is -2.14. The van der Waals surface area contributed by atoms with E-state index in [9.17, 15) is 0 Å². The van der Waals surface area contributed by atoms with Crippen LogP contribution in [0, 0.1) is 5.41 Å². The van der Waals surface area contributed by atoms with Gasteiger partial charge < -0.3 is 5.73 Å². The average molecular weight is 217 g/mol. The van der Waals surface area contributed by atoms with Crippen LogP contribution in [0.5, 0.6) is 0 Å². The zero-order valence-electron chi connectivity index (χ0n) is 9.08. The topological polar surface area (TPSA) is 26.0 Å². The minimum Gasteiger partial charge on any atom is -0.321 e. The zero-order chi connectivity index (χ0) is 10.7. The third-order valence-electron chi connectivity index (χ3n) is 3.77. The molecule has 2 aromatic rings. The SMILES string of the molecule is CC1(C)CC1(N)c1csc2ccccc12. The largest absolute Gasteiger partial charge is 0.321 e. The summed E-state index contributed by atoms with van der Waals surface area (Å²) in [7, 11) is 0. The summed E-state index contributed by atoms with van der Waals surface area (Å²) < 4.78 is 1.35. The molecule has 1 saturated carbocycles. The summed E-state index contributed by atoms with van der Waals surface area (Å²) in [5, 5.41) is 3.58. The van der Waals surface area contributed by atoms with E-state index < -0.39 is 0 Å². The van der Waals surface area contributed by atoms with Crippen LogP contribution in [-0.2, 0) is 5.54 Å². The first-order chi connectivity index (χ1) is 7.05. The Kier molecular flexibility index (Phi) is 1.64. The monoisotopic (exact) mass is 217 g/mol. The van der Waals surface area contributed by atoms with Gasteiger partial charge in [0, 0.05) is 10.2 Å². The molecule has 0 aliphatic heterocycles. The number of fused-ring (bicyclic) bond motifs is 1. The lowest BCUT2D eigenvalue weighted by Crippen LogP contribution is -2.24. The van der Waals surface area contributed by atoms with Crippen molar-refractivity contribution in [1.82, 2.24) is 0 Å². The van der Waals surface area contributed by atoms with Gasteiger partial charge in [0.05, 0.1) is 0 Å². The van der Waals surface area contributed by atoms with Crippen LogP contribution < -0.4 is 5.73 Å². The second kappa shape index (κ2) is 2.63. The van der Waals surface area contributed by atoms with Gasteiger partial charge in [-0.15, -0.1) is 11.3 Å². The van der Waals surface area contributed by atoms with Gasteiger partial charge in [0.15, 0.2) is 0 Å². The van der Waals surface area contributed by atoms with Crippen molar-refractivity contribution in [2.45, 2.75) is 25.8 Å². The zero-order valence-corrected chi connectivity index (χ0v) is 9.90. The van der Waals surface area contributed by atoms with Crippen molar-refractivity contribution in [2.24, 2.45) is 11.1 Å². The quantitative estimate of drug-likeness (QED) is 0.777. The summed E-state index contributed by atoms with van der Waals surface area (Å²) in [5.41, 5.74) is 7.97. The number of hydrogen-bond acceptors (Lipinski definition) is 2. The number of rotatable bonds is 1. The molecule has 0 saturated heterocycles. The first kappa shape index (κ1) is 9.37. The molecule has 1 atom stereocenters. The van der Waals surface area contributed by atoms with E-state index in [0.29, 0.717) is 0 Å². The van der Waals surface area contributed by atoms with Gasteiger partial charge in [-0.25, -0.2) is 0 Å². The van der Waals surface area contributed by atoms with Crippen molar-refractivity contribution >= 4 is 21.4 Å². The first-order valence-corrected chi connectivity index (χ1v) is 6.18. The van der Waals surface area contributed by atoms with Gasteiger partial charge in [-0.05, 0) is 34.2 Å². The highest BCUT2D eigenvalue weighted by Crippen LogP contribution is 2.61. The molecule has 1 aromatic carbocycles. The van der Waals surface area contributed by atoms with Gasteiger partial charge in [-0.3, -0.25) is 0 Å². The second-order valence-corrected chi connectivity index (χ2v) is 6.09. The average Bonchev–Trinajstić information content (AvgIpc) is 2.61. The predicted octanol–water partition coefficient (Wildman–Crippen LogP) is 3.49. The lowest BCUT2D eigenvalue weighted by molar-refractivity contribution is 0.513. The fraction of sp³-hybridized carbons (Fsp3) is 0.385. The van der Waals surface area contributed by atoms with Gasteiger partial charge in [0.2, 0.25) is 0 Å². The molecular weight excluding hydrogens is 202 g/mol. The minimum atomic E-state index is -0.0907. The van der Waals surface area contributed by atoms with Gasteiger partial charge in [0.25, 0.3) is 0 Å². The van der Waals surface area contributed by atoms with E-state index in [1.54, 1.807) is 11.3 Å². The number of thiophene rings is 1. The van der Waals surface area contributed by atoms with E-state index in [2.05, 4.69) is 43.5 Å². The van der Waals surface area contributed by atoms with Gasteiger partial charge >= 0.3 is 0 Å². The summed E-state index contributed by atoms with van der Waals surface area (Å²) in [4.78, 5) is 0. The van der Waals surface area contributed by atoms with Crippen molar-refractivity contribution in [3.63, 3.8) is 0 Å². The van der Waals surface area contributed by atoms with Crippen molar-refractivity contribution < 1.29 is 0 Å². The standard InChI is InChI=1S/C13H15NS/c1-12(2)8-13(12,14)10-7-15-11-6-4-3-5-9(10)11/h3-7H,8,14H2,1-2H3. The number of hydrogen-bond donors (Lipinski definition) is 1. The van der Waals surface area contributed by atoms with Crippen molar-refractivity contribution in [2.75, 3.05) is 0 Å². The fourth-order valence-corrected chi connectivity index (χ4v) is 3.48. The molecule has 3 rings (SSSR count). The maximum Gasteiger partial charge on any atom is 0.0482 e. The van der Waals surface area contributed by atoms with E-state index in [4.69, 9.17) is 5.73 Å². The molecular formula is C13H15NS. The summed E-state index contributed by atoms with van der Waals surface area (Å²) in [6.45, 7) is 4.50. The molecule has 2 heteroatoms. The van der Waals surface area contributed by atoms with Crippen LogP contribution in [0.2, 0.25) is 0 Å². The van der Waals surface area contributed by atoms with E-state index in [0.717, 1.165) is 6.42 Å². The third kappa shape index (κ3) is 1.12. The number of nitrogens with two attached hydrogens (primary N) is 1. The fourth-order valence-electron chi connectivity index (χ4n) is 2.44. The van der Waals surface area contributed by atoms with E-state index in [1.165, 1.54) is 15.6 Å². The molecule has 78 valence electrons. The molecule has 1 heterocycles. The molecule has 1 aliphatic carbocycles. The van der Waals surface area contributed by atoms with Gasteiger partial charge in [-0.2, -0.15) is 0 Å². The lowest BCUT2D eigenvalue weighted by atomic mass is 9.97. The molecule has 0 spiro atoms. The van der Waals surface area contributed by atoms with Crippen LogP contribution in [-0.4, -0.2) is 0 Å². The summed E-state index contributed by atoms with van der Waals surface area (Å²) in [5.74, 6) is 0. The Balaban J connectivity index is 2.21. The predicted molar refractivity (Wildman–Crippen MR) is 66.1 cm³/mol. The van der Waals surface area contributed by atoms with Gasteiger partial charge in [-0.1, -0.05) is 32.0 Å². The second-order valence-electron chi connectivity index (χ2n) is 5.18. The van der Waals surface area contributed by atoms with Crippen LogP contribution >= 0.6 is 11.3 Å². The summed E-state index contributed by atoms with van der Waals surface area (Å²) in [6, 6.07) is 8.54. The Morgan fingerprint density at radius 2 is 1.93 bits per heavy atom. The van der Waals surface area contributed by atoms with Crippen LogP contribution in [0.15, 0.2) is 29.6 Å². The maximum absolute atomic E-state index is 6.46. The molecule has 0 radical (unpaired) electrons. The smallest absolute Gasteiger partial charge is 0.0482 e. The van der Waals surface area contributed by atoms with Crippen LogP contribution in [0.1, 0.15) is 25.8 Å². The van der Waals surface area contributed by atoms with Gasteiger partial charge in [0.1, 0.15) is 0 Å². The maximum atomic E-state index is 6.46. The molecule has 1 aromatic heterocycles. The van der Waals surface area contributed by atoms with Crippen LogP contribution in [0.3, 0.4) is 0 Å². The Morgan fingerprint density at radius 1 is 1.27 bits per heavy atom. The van der Waals surface area contributed by atoms with Crippen molar-refractivity contribution in [3.8, 4) is 0 Å². The minimum absolute atomic E-state index is 0.0907.